The van der Waals surface area contributed by atoms with Gasteiger partial charge in [-0.25, -0.2) is 9.59 Å². The van der Waals surface area contributed by atoms with Crippen LogP contribution in [0.4, 0.5) is 0 Å². The molecule has 0 unspecified atom stereocenters. The fraction of sp³-hybridized carbons (Fsp3) is 0.231. The van der Waals surface area contributed by atoms with E-state index in [0.29, 0.717) is 11.3 Å². The van der Waals surface area contributed by atoms with E-state index in [1.165, 1.54) is 0 Å². The van der Waals surface area contributed by atoms with Gasteiger partial charge in [0.05, 0.1) is 13.2 Å². The zero-order valence-corrected chi connectivity index (χ0v) is 18.8. The molecule has 0 heterocycles. The summed E-state index contributed by atoms with van der Waals surface area (Å²) in [5, 5.41) is 13.2. The van der Waals surface area contributed by atoms with Gasteiger partial charge in [-0.05, 0) is 45.5 Å². The van der Waals surface area contributed by atoms with Gasteiger partial charge in [-0.2, -0.15) is 0 Å². The quantitative estimate of drug-likeness (QED) is 0.114. The summed E-state index contributed by atoms with van der Waals surface area (Å²) < 4.78 is 11.0. The summed E-state index contributed by atoms with van der Waals surface area (Å²) in [6.07, 6.45) is -0.252. The monoisotopic (exact) mass is 472 g/mol. The van der Waals surface area contributed by atoms with Crippen molar-refractivity contribution in [3.63, 3.8) is 0 Å². The Morgan fingerprint density at radius 2 is 1.60 bits per heavy atom. The molecule has 3 N–H and O–H groups in total. The molecule has 0 aromatic heterocycles. The minimum absolute atomic E-state index is 0.0168. The lowest BCUT2D eigenvalue weighted by Crippen LogP contribution is -2.57. The number of rotatable bonds is 10. The summed E-state index contributed by atoms with van der Waals surface area (Å²) >= 11 is 0. The van der Waals surface area contributed by atoms with E-state index in [1.807, 2.05) is 48.5 Å². The van der Waals surface area contributed by atoms with E-state index >= 15 is 0 Å². The Balaban J connectivity index is 1.45. The Hall–Kier alpha value is -4.33. The Morgan fingerprint density at radius 3 is 2.17 bits per heavy atom. The molecule has 0 aliphatic heterocycles. The van der Waals surface area contributed by atoms with Gasteiger partial charge in [0.2, 0.25) is 5.54 Å². The number of nitrogens with zero attached hydrogens (tertiary/aromatic N) is 3. The summed E-state index contributed by atoms with van der Waals surface area (Å²) in [5.41, 5.74) is 16.9. The maximum Gasteiger partial charge on any atom is 0.338 e. The maximum absolute atomic E-state index is 13.0. The van der Waals surface area contributed by atoms with Crippen LogP contribution in [-0.4, -0.2) is 42.3 Å². The normalized spacial score (nSPS) is 13.6. The number of hydrogen-bond donors (Lipinski definition) is 2. The molecule has 0 fully saturated rings. The molecule has 3 aromatic rings. The number of carbonyl (C=O) groups is 2. The predicted molar refractivity (Wildman–Crippen MR) is 129 cm³/mol. The van der Waals surface area contributed by atoms with Crippen molar-refractivity contribution in [3.05, 3.63) is 99.9 Å². The molecule has 0 spiro atoms. The summed E-state index contributed by atoms with van der Waals surface area (Å²) in [5.74, 6) is -2.15. The van der Waals surface area contributed by atoms with Gasteiger partial charge in [0.25, 0.3) is 0 Å². The minimum Gasteiger partial charge on any atom is -0.493 e. The van der Waals surface area contributed by atoms with Gasteiger partial charge in [-0.15, -0.1) is 0 Å². The van der Waals surface area contributed by atoms with Crippen molar-refractivity contribution in [1.82, 2.24) is 0 Å². The molecule has 4 rings (SSSR count). The average molecular weight is 473 g/mol. The lowest BCUT2D eigenvalue weighted by atomic mass is 9.91. The van der Waals surface area contributed by atoms with Crippen molar-refractivity contribution in [2.75, 3.05) is 19.8 Å². The molecular weight excluding hydrogens is 448 g/mol. The van der Waals surface area contributed by atoms with E-state index in [2.05, 4.69) is 10.0 Å². The predicted octanol–water partition coefficient (Wildman–Crippen LogP) is 4.06. The minimum atomic E-state index is -2.25. The van der Waals surface area contributed by atoms with Gasteiger partial charge in [0.1, 0.15) is 12.4 Å². The second-order valence-electron chi connectivity index (χ2n) is 8.23. The number of carbonyl (C=O) groups excluding carboxylic acids is 1. The highest BCUT2D eigenvalue weighted by molar-refractivity contribution is 6.04. The third kappa shape index (κ3) is 4.96. The lowest BCUT2D eigenvalue weighted by Gasteiger charge is -2.24. The summed E-state index contributed by atoms with van der Waals surface area (Å²) in [4.78, 5) is 27.7. The Morgan fingerprint density at radius 1 is 1.00 bits per heavy atom. The number of benzene rings is 3. The number of hydrogen-bond acceptors (Lipinski definition) is 6. The van der Waals surface area contributed by atoms with Gasteiger partial charge in [-0.1, -0.05) is 65.8 Å². The number of ether oxygens (including phenoxy) is 2. The van der Waals surface area contributed by atoms with Gasteiger partial charge in [0.15, 0.2) is 0 Å². The van der Waals surface area contributed by atoms with Crippen molar-refractivity contribution in [2.45, 2.75) is 17.9 Å². The first-order valence-corrected chi connectivity index (χ1v) is 11.0. The molecule has 1 atom stereocenters. The number of carboxylic acid groups (broad SMARTS) is 1. The van der Waals surface area contributed by atoms with E-state index in [-0.39, 0.29) is 32.1 Å². The van der Waals surface area contributed by atoms with E-state index in [0.717, 1.165) is 22.3 Å². The van der Waals surface area contributed by atoms with E-state index < -0.39 is 17.5 Å². The molecule has 0 saturated heterocycles. The molecule has 3 aromatic carbocycles. The molecule has 178 valence electrons. The van der Waals surface area contributed by atoms with Crippen LogP contribution in [-0.2, 0) is 20.7 Å². The number of esters is 1. The molecule has 0 saturated carbocycles. The summed E-state index contributed by atoms with van der Waals surface area (Å²) in [6.45, 7) is 0.376. The summed E-state index contributed by atoms with van der Waals surface area (Å²) in [7, 11) is 0. The molecule has 0 bridgehead atoms. The largest absolute Gasteiger partial charge is 0.493 e. The topological polar surface area (TPSA) is 148 Å². The van der Waals surface area contributed by atoms with Crippen molar-refractivity contribution < 1.29 is 24.2 Å². The van der Waals surface area contributed by atoms with Crippen LogP contribution >= 0.6 is 0 Å². The van der Waals surface area contributed by atoms with E-state index in [4.69, 9.17) is 20.7 Å². The third-order valence-electron chi connectivity index (χ3n) is 6.02. The third-order valence-corrected chi connectivity index (χ3v) is 6.02. The molecule has 1 aliphatic rings. The standard InChI is InChI=1S/C26H24N4O5/c27-26(24(31)32,15-17-9-11-18(12-10-17)34-14-13-29-30-28)25(33)35-16-23-21-7-3-1-5-19(21)20-6-2-4-8-22(20)23/h1-12,23H,13-16,27H2,(H,31,32)/t26-/m0/s1. The van der Waals surface area contributed by atoms with Crippen LogP contribution in [0.3, 0.4) is 0 Å². The maximum atomic E-state index is 13.0. The van der Waals surface area contributed by atoms with Gasteiger partial charge in [-0.3, -0.25) is 0 Å². The van der Waals surface area contributed by atoms with Crippen molar-refractivity contribution >= 4 is 11.9 Å². The first-order valence-electron chi connectivity index (χ1n) is 11.0. The molecule has 9 nitrogen and oxygen atoms in total. The van der Waals surface area contributed by atoms with Crippen molar-refractivity contribution in [2.24, 2.45) is 10.8 Å². The molecular formula is C26H24N4O5. The molecule has 9 heteroatoms. The smallest absolute Gasteiger partial charge is 0.338 e. The summed E-state index contributed by atoms with van der Waals surface area (Å²) in [6, 6.07) is 22.3. The first kappa shape index (κ1) is 23.8. The number of aliphatic carboxylic acids is 1. The van der Waals surface area contributed by atoms with Gasteiger partial charge in [0, 0.05) is 17.3 Å². The second-order valence-corrected chi connectivity index (χ2v) is 8.23. The van der Waals surface area contributed by atoms with Crippen LogP contribution in [0.1, 0.15) is 22.6 Å². The first-order chi connectivity index (χ1) is 16.9. The average Bonchev–Trinajstić information content (AvgIpc) is 3.19. The van der Waals surface area contributed by atoms with Crippen molar-refractivity contribution in [3.8, 4) is 16.9 Å². The zero-order chi connectivity index (χ0) is 24.8. The SMILES string of the molecule is [N-]=[N+]=NCCOc1ccc(C[C@](N)(C(=O)O)C(=O)OCC2c3ccccc3-c3ccccc32)cc1. The van der Waals surface area contributed by atoms with Gasteiger partial charge >= 0.3 is 11.9 Å². The highest BCUT2D eigenvalue weighted by Crippen LogP contribution is 2.44. The van der Waals surface area contributed by atoms with Crippen LogP contribution in [0.25, 0.3) is 21.6 Å². The van der Waals surface area contributed by atoms with E-state index in [9.17, 15) is 14.7 Å². The fourth-order valence-corrected chi connectivity index (χ4v) is 4.24. The van der Waals surface area contributed by atoms with Crippen molar-refractivity contribution in [1.29, 1.82) is 0 Å². The number of fused-ring (bicyclic) bond motifs is 3. The van der Waals surface area contributed by atoms with Crippen LogP contribution in [0.5, 0.6) is 5.75 Å². The lowest BCUT2D eigenvalue weighted by molar-refractivity contribution is -0.161. The molecule has 1 aliphatic carbocycles. The Kier molecular flexibility index (Phi) is 7.01. The molecule has 0 amide bonds. The molecule has 0 radical (unpaired) electrons. The fourth-order valence-electron chi connectivity index (χ4n) is 4.24. The van der Waals surface area contributed by atoms with Crippen LogP contribution in [0.2, 0.25) is 0 Å². The number of nitrogens with two attached hydrogens (primary N) is 1. The van der Waals surface area contributed by atoms with Gasteiger partial charge < -0.3 is 20.3 Å². The van der Waals surface area contributed by atoms with E-state index in [1.54, 1.807) is 24.3 Å². The zero-order valence-electron chi connectivity index (χ0n) is 18.8. The highest BCUT2D eigenvalue weighted by Gasteiger charge is 2.45. The highest BCUT2D eigenvalue weighted by atomic mass is 16.5. The van der Waals surface area contributed by atoms with Crippen LogP contribution < -0.4 is 10.5 Å². The molecule has 35 heavy (non-hydrogen) atoms. The Bertz CT molecular complexity index is 1240. The van der Waals surface area contributed by atoms with Crippen LogP contribution in [0.15, 0.2) is 77.9 Å². The number of carboxylic acids is 1. The Labute approximate surface area is 201 Å². The van der Waals surface area contributed by atoms with Crippen LogP contribution in [0, 0.1) is 0 Å². The number of azide groups is 1. The second kappa shape index (κ2) is 10.3.